The van der Waals surface area contributed by atoms with Crippen LogP contribution in [-0.4, -0.2) is 9.78 Å². The van der Waals surface area contributed by atoms with Crippen molar-refractivity contribution in [3.8, 4) is 0 Å². The Hall–Kier alpha value is -0.810. The summed E-state index contributed by atoms with van der Waals surface area (Å²) in [5.41, 5.74) is 3.47. The average Bonchev–Trinajstić information content (AvgIpc) is 2.72. The van der Waals surface area contributed by atoms with Gasteiger partial charge in [-0.15, -0.1) is 0 Å². The number of nitrogens with one attached hydrogen (secondary N) is 1. The maximum Gasteiger partial charge on any atom is 0.0699 e. The molecule has 0 saturated heterocycles. The summed E-state index contributed by atoms with van der Waals surface area (Å²) in [6.45, 7) is 5.11. The first-order valence-electron chi connectivity index (χ1n) is 6.18. The van der Waals surface area contributed by atoms with E-state index in [0.717, 1.165) is 26.9 Å². The van der Waals surface area contributed by atoms with Crippen molar-refractivity contribution in [2.24, 2.45) is 7.05 Å². The number of benzene rings is 1. The Morgan fingerprint density at radius 2 is 2.05 bits per heavy atom. The molecule has 2 rings (SSSR count). The predicted octanol–water partition coefficient (Wildman–Crippen LogP) is 4.68. The highest BCUT2D eigenvalue weighted by molar-refractivity contribution is 9.11. The van der Waals surface area contributed by atoms with Crippen molar-refractivity contribution in [2.45, 2.75) is 26.3 Å². The van der Waals surface area contributed by atoms with Crippen LogP contribution < -0.4 is 5.32 Å². The Labute approximate surface area is 130 Å². The van der Waals surface area contributed by atoms with Gasteiger partial charge in [0.1, 0.15) is 0 Å². The Bertz CT molecular complexity index is 576. The summed E-state index contributed by atoms with van der Waals surface area (Å²) in [4.78, 5) is 0. The van der Waals surface area contributed by atoms with Crippen LogP contribution >= 0.6 is 31.9 Å². The number of rotatable bonds is 4. The molecule has 0 bridgehead atoms. The Morgan fingerprint density at radius 3 is 2.74 bits per heavy atom. The van der Waals surface area contributed by atoms with E-state index in [0.29, 0.717) is 5.92 Å². The number of anilines is 1. The lowest BCUT2D eigenvalue weighted by molar-refractivity contribution is 0.712. The maximum absolute atomic E-state index is 4.52. The van der Waals surface area contributed by atoms with E-state index in [4.69, 9.17) is 0 Å². The molecule has 0 radical (unpaired) electrons. The average molecular weight is 387 g/mol. The molecule has 3 nitrogen and oxygen atoms in total. The number of halogens is 2. The second-order valence-corrected chi connectivity index (χ2v) is 6.62. The minimum atomic E-state index is 0.434. The van der Waals surface area contributed by atoms with Gasteiger partial charge in [0, 0.05) is 40.0 Å². The van der Waals surface area contributed by atoms with Gasteiger partial charge in [0.25, 0.3) is 0 Å². The van der Waals surface area contributed by atoms with E-state index in [1.165, 1.54) is 5.56 Å². The van der Waals surface area contributed by atoms with Crippen LogP contribution in [0.3, 0.4) is 0 Å². The quantitative estimate of drug-likeness (QED) is 0.826. The third-order valence-corrected chi connectivity index (χ3v) is 4.07. The lowest BCUT2D eigenvalue weighted by atomic mass is 10.1. The lowest BCUT2D eigenvalue weighted by Gasteiger charge is -2.10. The fourth-order valence-corrected chi connectivity index (χ4v) is 2.75. The van der Waals surface area contributed by atoms with Crippen molar-refractivity contribution in [3.05, 3.63) is 44.6 Å². The van der Waals surface area contributed by atoms with Crippen LogP contribution in [0.15, 0.2) is 33.3 Å². The van der Waals surface area contributed by atoms with Gasteiger partial charge >= 0.3 is 0 Å². The molecule has 2 aromatic rings. The topological polar surface area (TPSA) is 29.9 Å². The highest BCUT2D eigenvalue weighted by Crippen LogP contribution is 2.27. The summed E-state index contributed by atoms with van der Waals surface area (Å²) < 4.78 is 4.00. The van der Waals surface area contributed by atoms with E-state index < -0.39 is 0 Å². The Balaban J connectivity index is 2.16. The molecule has 0 spiro atoms. The lowest BCUT2D eigenvalue weighted by Crippen LogP contribution is -2.03. The molecule has 19 heavy (non-hydrogen) atoms. The molecule has 1 heterocycles. The molecule has 0 saturated carbocycles. The SMILES string of the molecule is CC(C)c1nn(C)cc1CNc1cc(Br)ccc1Br. The molecule has 102 valence electrons. The molecular weight excluding hydrogens is 370 g/mol. The molecule has 0 atom stereocenters. The molecule has 0 amide bonds. The standard InChI is InChI=1S/C14H17Br2N3/c1-9(2)14-10(8-19(3)18-14)7-17-13-6-11(15)4-5-12(13)16/h4-6,8-9,17H,7H2,1-3H3. The molecule has 0 unspecified atom stereocenters. The van der Waals surface area contributed by atoms with E-state index in [1.807, 2.05) is 23.9 Å². The van der Waals surface area contributed by atoms with Crippen LogP contribution in [0.2, 0.25) is 0 Å². The summed E-state index contributed by atoms with van der Waals surface area (Å²) >= 11 is 7.04. The monoisotopic (exact) mass is 385 g/mol. The van der Waals surface area contributed by atoms with Crippen molar-refractivity contribution in [2.75, 3.05) is 5.32 Å². The second kappa shape index (κ2) is 6.09. The minimum absolute atomic E-state index is 0.434. The Kier molecular flexibility index (Phi) is 4.68. The molecule has 0 aliphatic rings. The van der Waals surface area contributed by atoms with Crippen LogP contribution in [0.25, 0.3) is 0 Å². The third kappa shape index (κ3) is 3.60. The van der Waals surface area contributed by atoms with Gasteiger partial charge in [0.2, 0.25) is 0 Å². The van der Waals surface area contributed by atoms with E-state index >= 15 is 0 Å². The second-order valence-electron chi connectivity index (χ2n) is 4.85. The van der Waals surface area contributed by atoms with Crippen molar-refractivity contribution < 1.29 is 0 Å². The first kappa shape index (κ1) is 14.6. The first-order valence-corrected chi connectivity index (χ1v) is 7.77. The molecular formula is C14H17Br2N3. The number of nitrogens with zero attached hydrogens (tertiary/aromatic N) is 2. The number of aromatic nitrogens is 2. The van der Waals surface area contributed by atoms with Gasteiger partial charge in [0.05, 0.1) is 5.69 Å². The smallest absolute Gasteiger partial charge is 0.0699 e. The van der Waals surface area contributed by atoms with Crippen LogP contribution in [0.1, 0.15) is 31.0 Å². The summed E-state index contributed by atoms with van der Waals surface area (Å²) in [5, 5.41) is 7.97. The van der Waals surface area contributed by atoms with Crippen LogP contribution in [0.5, 0.6) is 0 Å². The van der Waals surface area contributed by atoms with E-state index in [1.54, 1.807) is 0 Å². The van der Waals surface area contributed by atoms with Crippen LogP contribution in [-0.2, 0) is 13.6 Å². The third-order valence-electron chi connectivity index (χ3n) is 2.88. The number of hydrogen-bond donors (Lipinski definition) is 1. The van der Waals surface area contributed by atoms with Crippen molar-refractivity contribution in [1.82, 2.24) is 9.78 Å². The van der Waals surface area contributed by atoms with Crippen LogP contribution in [0.4, 0.5) is 5.69 Å². The summed E-state index contributed by atoms with van der Waals surface area (Å²) in [6.07, 6.45) is 2.08. The highest BCUT2D eigenvalue weighted by atomic mass is 79.9. The van der Waals surface area contributed by atoms with E-state index in [2.05, 4.69) is 68.4 Å². The van der Waals surface area contributed by atoms with Gasteiger partial charge in [-0.1, -0.05) is 29.8 Å². The Morgan fingerprint density at radius 1 is 1.32 bits per heavy atom. The summed E-state index contributed by atoms with van der Waals surface area (Å²) in [7, 11) is 1.96. The van der Waals surface area contributed by atoms with Gasteiger partial charge in [-0.05, 0) is 40.0 Å². The minimum Gasteiger partial charge on any atom is -0.380 e. The zero-order chi connectivity index (χ0) is 14.0. The zero-order valence-electron chi connectivity index (χ0n) is 11.2. The molecule has 0 aliphatic carbocycles. The molecule has 1 aromatic heterocycles. The molecule has 1 aromatic carbocycles. The zero-order valence-corrected chi connectivity index (χ0v) is 14.4. The van der Waals surface area contributed by atoms with Gasteiger partial charge in [-0.2, -0.15) is 5.10 Å². The van der Waals surface area contributed by atoms with Crippen LogP contribution in [0, 0.1) is 0 Å². The highest BCUT2D eigenvalue weighted by Gasteiger charge is 2.11. The van der Waals surface area contributed by atoms with E-state index in [9.17, 15) is 0 Å². The molecule has 5 heteroatoms. The number of hydrogen-bond acceptors (Lipinski definition) is 2. The van der Waals surface area contributed by atoms with Crippen molar-refractivity contribution in [1.29, 1.82) is 0 Å². The molecule has 0 fully saturated rings. The van der Waals surface area contributed by atoms with Gasteiger partial charge in [-0.3, -0.25) is 4.68 Å². The fourth-order valence-electron chi connectivity index (χ4n) is 2.00. The fraction of sp³-hybridized carbons (Fsp3) is 0.357. The van der Waals surface area contributed by atoms with Gasteiger partial charge in [0.15, 0.2) is 0 Å². The van der Waals surface area contributed by atoms with E-state index in [-0.39, 0.29) is 0 Å². The van der Waals surface area contributed by atoms with Gasteiger partial charge < -0.3 is 5.32 Å². The molecule has 0 aliphatic heterocycles. The van der Waals surface area contributed by atoms with Crippen molar-refractivity contribution >= 4 is 37.5 Å². The predicted molar refractivity (Wildman–Crippen MR) is 86.5 cm³/mol. The number of aryl methyl sites for hydroxylation is 1. The van der Waals surface area contributed by atoms with Gasteiger partial charge in [-0.25, -0.2) is 0 Å². The molecule has 1 N–H and O–H groups in total. The summed E-state index contributed by atoms with van der Waals surface area (Å²) in [5.74, 6) is 0.434. The summed E-state index contributed by atoms with van der Waals surface area (Å²) in [6, 6.07) is 6.10. The first-order chi connectivity index (χ1) is 8.97. The maximum atomic E-state index is 4.52. The van der Waals surface area contributed by atoms with Crippen molar-refractivity contribution in [3.63, 3.8) is 0 Å². The largest absolute Gasteiger partial charge is 0.380 e. The normalized spacial score (nSPS) is 11.1.